The summed E-state index contributed by atoms with van der Waals surface area (Å²) in [5, 5.41) is 0. The Hall–Kier alpha value is -1.42. The summed E-state index contributed by atoms with van der Waals surface area (Å²) in [6, 6.07) is 10.6. The van der Waals surface area contributed by atoms with Crippen LogP contribution in [-0.4, -0.2) is 17.0 Å². The second-order valence-electron chi connectivity index (χ2n) is 5.26. The van der Waals surface area contributed by atoms with Gasteiger partial charge in [0.1, 0.15) is 16.2 Å². The zero-order valence-corrected chi connectivity index (χ0v) is 13.4. The Morgan fingerprint density at radius 1 is 1.20 bits per heavy atom. The summed E-state index contributed by atoms with van der Waals surface area (Å²) in [5.74, 6) is 2.46. The van der Waals surface area contributed by atoms with E-state index < -0.39 is 0 Å². The Kier molecular flexibility index (Phi) is 3.74. The Morgan fingerprint density at radius 2 is 1.90 bits per heavy atom. The van der Waals surface area contributed by atoms with Crippen LogP contribution in [0.25, 0.3) is 0 Å². The average molecular weight is 332 g/mol. The highest BCUT2D eigenvalue weighted by Crippen LogP contribution is 2.39. The van der Waals surface area contributed by atoms with E-state index in [4.69, 9.17) is 4.98 Å². The van der Waals surface area contributed by atoms with Gasteiger partial charge in [-0.3, -0.25) is 0 Å². The van der Waals surface area contributed by atoms with Crippen molar-refractivity contribution in [3.63, 3.8) is 0 Å². The molecule has 0 atom stereocenters. The molecule has 3 nitrogen and oxygen atoms in total. The number of aryl methyl sites for hydroxylation is 1. The molecule has 3 rings (SSSR count). The molecule has 1 aromatic carbocycles. The molecule has 4 heteroatoms. The van der Waals surface area contributed by atoms with Crippen molar-refractivity contribution in [3.05, 3.63) is 46.3 Å². The molecule has 2 aromatic rings. The van der Waals surface area contributed by atoms with Gasteiger partial charge in [0.25, 0.3) is 0 Å². The molecule has 0 N–H and O–H groups in total. The van der Waals surface area contributed by atoms with Gasteiger partial charge in [0.2, 0.25) is 0 Å². The number of hydrogen-bond acceptors (Lipinski definition) is 3. The lowest BCUT2D eigenvalue weighted by molar-refractivity contribution is 0.903. The first-order chi connectivity index (χ1) is 9.67. The Balaban J connectivity index is 1.90. The summed E-state index contributed by atoms with van der Waals surface area (Å²) in [4.78, 5) is 11.3. The van der Waals surface area contributed by atoms with Gasteiger partial charge < -0.3 is 4.90 Å². The SMILES string of the molecule is CCc1ccc(N(C)c2cc(Br)nc(C3CC3)n2)cc1. The minimum atomic E-state index is 0.558. The maximum absolute atomic E-state index is 4.70. The van der Waals surface area contributed by atoms with Gasteiger partial charge in [-0.25, -0.2) is 9.97 Å². The van der Waals surface area contributed by atoms with Gasteiger partial charge in [0.15, 0.2) is 0 Å². The molecule has 0 radical (unpaired) electrons. The number of hydrogen-bond donors (Lipinski definition) is 0. The number of halogens is 1. The van der Waals surface area contributed by atoms with Crippen LogP contribution in [0.15, 0.2) is 34.9 Å². The van der Waals surface area contributed by atoms with Gasteiger partial charge in [-0.1, -0.05) is 19.1 Å². The Labute approximate surface area is 128 Å². The number of nitrogens with zero attached hydrogens (tertiary/aromatic N) is 3. The van der Waals surface area contributed by atoms with E-state index in [0.717, 1.165) is 28.4 Å². The highest BCUT2D eigenvalue weighted by molar-refractivity contribution is 9.10. The molecular weight excluding hydrogens is 314 g/mol. The lowest BCUT2D eigenvalue weighted by atomic mass is 10.1. The summed E-state index contributed by atoms with van der Waals surface area (Å²) in [6.45, 7) is 2.17. The Bertz CT molecular complexity index is 606. The molecule has 0 amide bonds. The van der Waals surface area contributed by atoms with Crippen molar-refractivity contribution in [1.82, 2.24) is 9.97 Å². The van der Waals surface area contributed by atoms with Crippen LogP contribution in [-0.2, 0) is 6.42 Å². The summed E-state index contributed by atoms with van der Waals surface area (Å²) in [7, 11) is 2.05. The molecule has 0 unspecified atom stereocenters. The van der Waals surface area contributed by atoms with Crippen molar-refractivity contribution >= 4 is 27.4 Å². The van der Waals surface area contributed by atoms with Crippen LogP contribution in [0.4, 0.5) is 11.5 Å². The number of rotatable bonds is 4. The second-order valence-corrected chi connectivity index (χ2v) is 6.07. The van der Waals surface area contributed by atoms with Gasteiger partial charge in [-0.05, 0) is 52.9 Å². The van der Waals surface area contributed by atoms with Crippen LogP contribution in [0, 0.1) is 0 Å². The van der Waals surface area contributed by atoms with E-state index in [2.05, 4.69) is 57.0 Å². The molecule has 1 aliphatic rings. The van der Waals surface area contributed by atoms with Gasteiger partial charge in [-0.2, -0.15) is 0 Å². The van der Waals surface area contributed by atoms with Crippen molar-refractivity contribution in [2.75, 3.05) is 11.9 Å². The minimum Gasteiger partial charge on any atom is -0.329 e. The summed E-state index contributed by atoms with van der Waals surface area (Å²) in [5.41, 5.74) is 2.50. The largest absolute Gasteiger partial charge is 0.329 e. The highest BCUT2D eigenvalue weighted by atomic mass is 79.9. The third-order valence-corrected chi connectivity index (χ3v) is 4.12. The van der Waals surface area contributed by atoms with Crippen LogP contribution in [0.2, 0.25) is 0 Å². The molecule has 0 spiro atoms. The van der Waals surface area contributed by atoms with Crippen molar-refractivity contribution in [2.45, 2.75) is 32.1 Å². The van der Waals surface area contributed by atoms with E-state index in [1.165, 1.54) is 18.4 Å². The summed E-state index contributed by atoms with van der Waals surface area (Å²) >= 11 is 3.49. The van der Waals surface area contributed by atoms with E-state index in [-0.39, 0.29) is 0 Å². The quantitative estimate of drug-likeness (QED) is 0.775. The predicted octanol–water partition coefficient (Wildman–Crippen LogP) is 4.45. The van der Waals surface area contributed by atoms with Gasteiger partial charge in [0.05, 0.1) is 0 Å². The van der Waals surface area contributed by atoms with Gasteiger partial charge >= 0.3 is 0 Å². The van der Waals surface area contributed by atoms with Crippen LogP contribution in [0.5, 0.6) is 0 Å². The van der Waals surface area contributed by atoms with Crippen molar-refractivity contribution in [2.24, 2.45) is 0 Å². The monoisotopic (exact) mass is 331 g/mol. The molecule has 20 heavy (non-hydrogen) atoms. The van der Waals surface area contributed by atoms with Gasteiger partial charge in [0, 0.05) is 24.7 Å². The molecule has 1 fully saturated rings. The maximum Gasteiger partial charge on any atom is 0.137 e. The summed E-state index contributed by atoms with van der Waals surface area (Å²) < 4.78 is 0.862. The lowest BCUT2D eigenvalue weighted by Gasteiger charge is -2.19. The van der Waals surface area contributed by atoms with Crippen LogP contribution in [0.1, 0.15) is 37.1 Å². The molecule has 0 aliphatic heterocycles. The first-order valence-corrected chi connectivity index (χ1v) is 7.84. The molecule has 1 aromatic heterocycles. The normalized spacial score (nSPS) is 14.3. The standard InChI is InChI=1S/C16H18BrN3/c1-3-11-4-8-13(9-5-11)20(2)15-10-14(17)18-16(19-15)12-6-7-12/h4-5,8-10,12H,3,6-7H2,1-2H3. The fraction of sp³-hybridized carbons (Fsp3) is 0.375. The fourth-order valence-electron chi connectivity index (χ4n) is 2.21. The lowest BCUT2D eigenvalue weighted by Crippen LogP contribution is -2.12. The van der Waals surface area contributed by atoms with Crippen LogP contribution >= 0.6 is 15.9 Å². The third-order valence-electron chi connectivity index (χ3n) is 3.72. The molecule has 0 bridgehead atoms. The molecular formula is C16H18BrN3. The molecule has 1 saturated carbocycles. The average Bonchev–Trinajstić information content (AvgIpc) is 3.30. The van der Waals surface area contributed by atoms with E-state index in [0.29, 0.717) is 5.92 Å². The number of aromatic nitrogens is 2. The number of anilines is 2. The zero-order valence-electron chi connectivity index (χ0n) is 11.8. The first-order valence-electron chi connectivity index (χ1n) is 7.04. The van der Waals surface area contributed by atoms with E-state index in [1.54, 1.807) is 0 Å². The molecule has 0 saturated heterocycles. The maximum atomic E-state index is 4.70. The van der Waals surface area contributed by atoms with Gasteiger partial charge in [-0.15, -0.1) is 0 Å². The van der Waals surface area contributed by atoms with Crippen LogP contribution < -0.4 is 4.90 Å². The van der Waals surface area contributed by atoms with E-state index >= 15 is 0 Å². The topological polar surface area (TPSA) is 29.0 Å². The Morgan fingerprint density at radius 3 is 2.50 bits per heavy atom. The minimum absolute atomic E-state index is 0.558. The van der Waals surface area contributed by atoms with Crippen molar-refractivity contribution in [3.8, 4) is 0 Å². The smallest absolute Gasteiger partial charge is 0.137 e. The second kappa shape index (κ2) is 5.52. The van der Waals surface area contributed by atoms with Crippen molar-refractivity contribution < 1.29 is 0 Å². The fourth-order valence-corrected chi connectivity index (χ4v) is 2.59. The molecule has 1 heterocycles. The highest BCUT2D eigenvalue weighted by Gasteiger charge is 2.27. The van der Waals surface area contributed by atoms with E-state index in [1.807, 2.05) is 13.1 Å². The zero-order chi connectivity index (χ0) is 14.1. The molecule has 104 valence electrons. The van der Waals surface area contributed by atoms with E-state index in [9.17, 15) is 0 Å². The predicted molar refractivity (Wildman–Crippen MR) is 85.6 cm³/mol. The molecule has 1 aliphatic carbocycles. The number of benzene rings is 1. The first kappa shape index (κ1) is 13.6. The van der Waals surface area contributed by atoms with Crippen molar-refractivity contribution in [1.29, 1.82) is 0 Å². The third kappa shape index (κ3) is 2.85. The van der Waals surface area contributed by atoms with Crippen LogP contribution in [0.3, 0.4) is 0 Å². The summed E-state index contributed by atoms with van der Waals surface area (Å²) in [6.07, 6.45) is 3.49.